The van der Waals surface area contributed by atoms with E-state index in [2.05, 4.69) is 10.3 Å². The van der Waals surface area contributed by atoms with Crippen molar-refractivity contribution in [3.8, 4) is 10.6 Å². The van der Waals surface area contributed by atoms with Crippen LogP contribution in [0.15, 0.2) is 47.8 Å². The van der Waals surface area contributed by atoms with Gasteiger partial charge in [0.2, 0.25) is 0 Å². The number of hydrogen-bond donors (Lipinski definition) is 1. The number of hydrogen-bond acceptors (Lipinski definition) is 4. The van der Waals surface area contributed by atoms with Crippen LogP contribution < -0.4 is 0 Å². The standard InChI is InChI=1S/C15H13N3O2S/c1-10(11-6-3-2-4-7-11)18-14(12-8-5-9-21-12)13(15(19)20)16-17-18/h2-10H,1H3,(H,19,20). The number of nitrogens with zero attached hydrogens (tertiary/aromatic N) is 3. The van der Waals surface area contributed by atoms with Gasteiger partial charge in [-0.3, -0.25) is 0 Å². The maximum absolute atomic E-state index is 11.4. The van der Waals surface area contributed by atoms with Crippen LogP contribution in [0.5, 0.6) is 0 Å². The molecule has 1 aromatic carbocycles. The molecule has 0 saturated heterocycles. The Hall–Kier alpha value is -2.47. The minimum atomic E-state index is -1.06. The summed E-state index contributed by atoms with van der Waals surface area (Å²) in [6.45, 7) is 1.98. The molecule has 3 aromatic rings. The molecule has 1 N–H and O–H groups in total. The molecule has 0 aliphatic heterocycles. The van der Waals surface area contributed by atoms with Gasteiger partial charge >= 0.3 is 5.97 Å². The van der Waals surface area contributed by atoms with Crippen LogP contribution in [-0.2, 0) is 0 Å². The van der Waals surface area contributed by atoms with Crippen molar-refractivity contribution in [2.75, 3.05) is 0 Å². The van der Waals surface area contributed by atoms with Gasteiger partial charge in [0.15, 0.2) is 5.69 Å². The minimum Gasteiger partial charge on any atom is -0.476 e. The molecule has 2 heterocycles. The molecular weight excluding hydrogens is 286 g/mol. The van der Waals surface area contributed by atoms with Crippen LogP contribution in [0.25, 0.3) is 10.6 Å². The molecule has 0 bridgehead atoms. The second-order valence-corrected chi connectivity index (χ2v) is 5.55. The average Bonchev–Trinajstić information content (AvgIpc) is 3.16. The van der Waals surface area contributed by atoms with E-state index in [9.17, 15) is 9.90 Å². The quantitative estimate of drug-likeness (QED) is 0.802. The van der Waals surface area contributed by atoms with Crippen molar-refractivity contribution in [1.82, 2.24) is 15.0 Å². The van der Waals surface area contributed by atoms with Crippen molar-refractivity contribution in [3.05, 3.63) is 59.1 Å². The first-order chi connectivity index (χ1) is 10.2. The molecule has 6 heteroatoms. The van der Waals surface area contributed by atoms with E-state index in [1.165, 1.54) is 11.3 Å². The predicted octanol–water partition coefficient (Wildman–Crippen LogP) is 3.31. The Balaban J connectivity index is 2.13. The Morgan fingerprint density at radius 1 is 1.24 bits per heavy atom. The Bertz CT molecular complexity index is 751. The van der Waals surface area contributed by atoms with Crippen molar-refractivity contribution >= 4 is 17.3 Å². The molecule has 0 amide bonds. The Labute approximate surface area is 125 Å². The molecule has 2 aromatic heterocycles. The lowest BCUT2D eigenvalue weighted by molar-refractivity contribution is 0.0691. The zero-order valence-electron chi connectivity index (χ0n) is 11.3. The maximum atomic E-state index is 11.4. The van der Waals surface area contributed by atoms with E-state index in [0.717, 1.165) is 10.4 Å². The average molecular weight is 299 g/mol. The number of rotatable bonds is 4. The van der Waals surface area contributed by atoms with Crippen LogP contribution >= 0.6 is 11.3 Å². The van der Waals surface area contributed by atoms with E-state index in [4.69, 9.17) is 0 Å². The Morgan fingerprint density at radius 2 is 2.00 bits per heavy atom. The maximum Gasteiger partial charge on any atom is 0.358 e. The summed E-state index contributed by atoms with van der Waals surface area (Å²) in [4.78, 5) is 12.2. The SMILES string of the molecule is CC(c1ccccc1)n1nnc(C(=O)O)c1-c1cccs1. The van der Waals surface area contributed by atoms with Crippen LogP contribution in [0.3, 0.4) is 0 Å². The molecule has 0 radical (unpaired) electrons. The third-order valence-electron chi connectivity index (χ3n) is 3.30. The number of carboxylic acids is 1. The number of aromatic nitrogens is 3. The zero-order valence-corrected chi connectivity index (χ0v) is 12.1. The molecule has 0 aliphatic rings. The van der Waals surface area contributed by atoms with Crippen LogP contribution in [0.1, 0.15) is 29.0 Å². The molecule has 0 aliphatic carbocycles. The van der Waals surface area contributed by atoms with Crippen molar-refractivity contribution in [3.63, 3.8) is 0 Å². The molecular formula is C15H13N3O2S. The summed E-state index contributed by atoms with van der Waals surface area (Å²) in [5.41, 5.74) is 1.59. The van der Waals surface area contributed by atoms with Gasteiger partial charge in [0.1, 0.15) is 5.69 Å². The van der Waals surface area contributed by atoms with Gasteiger partial charge in [-0.1, -0.05) is 41.6 Å². The van der Waals surface area contributed by atoms with Crippen molar-refractivity contribution < 1.29 is 9.90 Å². The number of carbonyl (C=O) groups is 1. The molecule has 1 atom stereocenters. The molecule has 1 unspecified atom stereocenters. The number of benzene rings is 1. The lowest BCUT2D eigenvalue weighted by Crippen LogP contribution is -2.10. The van der Waals surface area contributed by atoms with E-state index in [1.807, 2.05) is 54.8 Å². The highest BCUT2D eigenvalue weighted by atomic mass is 32.1. The van der Waals surface area contributed by atoms with Gasteiger partial charge in [-0.2, -0.15) is 0 Å². The molecule has 0 spiro atoms. The third kappa shape index (κ3) is 2.45. The molecule has 21 heavy (non-hydrogen) atoms. The van der Waals surface area contributed by atoms with E-state index in [0.29, 0.717) is 5.69 Å². The van der Waals surface area contributed by atoms with Gasteiger partial charge in [0, 0.05) is 0 Å². The summed E-state index contributed by atoms with van der Waals surface area (Å²) in [5, 5.41) is 19.1. The minimum absolute atomic E-state index is 0.0137. The summed E-state index contributed by atoms with van der Waals surface area (Å²) in [7, 11) is 0. The lowest BCUT2D eigenvalue weighted by Gasteiger charge is -2.14. The first kappa shape index (κ1) is 13.5. The van der Waals surface area contributed by atoms with Crippen molar-refractivity contribution in [2.24, 2.45) is 0 Å². The molecule has 0 saturated carbocycles. The van der Waals surface area contributed by atoms with Crippen LogP contribution in [0.2, 0.25) is 0 Å². The van der Waals surface area contributed by atoms with E-state index >= 15 is 0 Å². The fraction of sp³-hybridized carbons (Fsp3) is 0.133. The van der Waals surface area contributed by atoms with Gasteiger partial charge in [-0.25, -0.2) is 9.48 Å². The van der Waals surface area contributed by atoms with Gasteiger partial charge in [0.05, 0.1) is 10.9 Å². The van der Waals surface area contributed by atoms with Crippen molar-refractivity contribution in [1.29, 1.82) is 0 Å². The lowest BCUT2D eigenvalue weighted by atomic mass is 10.1. The van der Waals surface area contributed by atoms with Gasteiger partial charge in [0.25, 0.3) is 0 Å². The summed E-state index contributed by atoms with van der Waals surface area (Å²) in [6, 6.07) is 13.5. The van der Waals surface area contributed by atoms with Gasteiger partial charge in [-0.15, -0.1) is 16.4 Å². The summed E-state index contributed by atoms with van der Waals surface area (Å²) in [6.07, 6.45) is 0. The van der Waals surface area contributed by atoms with Gasteiger partial charge in [-0.05, 0) is 23.9 Å². The number of aromatic carboxylic acids is 1. The molecule has 0 fully saturated rings. The largest absolute Gasteiger partial charge is 0.476 e. The summed E-state index contributed by atoms with van der Waals surface area (Å²) < 4.78 is 1.67. The number of thiophene rings is 1. The normalized spacial score (nSPS) is 12.2. The fourth-order valence-electron chi connectivity index (χ4n) is 2.22. The first-order valence-electron chi connectivity index (χ1n) is 6.46. The fourth-order valence-corrected chi connectivity index (χ4v) is 2.99. The van der Waals surface area contributed by atoms with Crippen LogP contribution in [0, 0.1) is 0 Å². The Kier molecular flexibility index (Phi) is 3.53. The zero-order chi connectivity index (χ0) is 14.8. The van der Waals surface area contributed by atoms with E-state index < -0.39 is 5.97 Å². The molecule has 3 rings (SSSR count). The molecule has 5 nitrogen and oxygen atoms in total. The predicted molar refractivity (Wildman–Crippen MR) is 80.5 cm³/mol. The van der Waals surface area contributed by atoms with Crippen LogP contribution in [0.4, 0.5) is 0 Å². The topological polar surface area (TPSA) is 68.0 Å². The number of carboxylic acid groups (broad SMARTS) is 1. The van der Waals surface area contributed by atoms with Crippen LogP contribution in [-0.4, -0.2) is 26.1 Å². The van der Waals surface area contributed by atoms with E-state index in [-0.39, 0.29) is 11.7 Å². The second kappa shape index (κ2) is 5.49. The molecule has 106 valence electrons. The third-order valence-corrected chi connectivity index (χ3v) is 4.18. The van der Waals surface area contributed by atoms with Crippen molar-refractivity contribution in [2.45, 2.75) is 13.0 Å². The Morgan fingerprint density at radius 3 is 2.62 bits per heavy atom. The highest BCUT2D eigenvalue weighted by molar-refractivity contribution is 7.13. The summed E-state index contributed by atoms with van der Waals surface area (Å²) in [5.74, 6) is -1.06. The summed E-state index contributed by atoms with van der Waals surface area (Å²) >= 11 is 1.47. The first-order valence-corrected chi connectivity index (χ1v) is 7.33. The van der Waals surface area contributed by atoms with E-state index in [1.54, 1.807) is 4.68 Å². The van der Waals surface area contributed by atoms with Gasteiger partial charge < -0.3 is 5.11 Å². The second-order valence-electron chi connectivity index (χ2n) is 4.60. The highest BCUT2D eigenvalue weighted by Crippen LogP contribution is 2.31. The smallest absolute Gasteiger partial charge is 0.358 e. The monoisotopic (exact) mass is 299 g/mol. The highest BCUT2D eigenvalue weighted by Gasteiger charge is 2.24.